The summed E-state index contributed by atoms with van der Waals surface area (Å²) in [7, 11) is 1.61. The molecule has 0 aliphatic rings. The molecule has 100 valence electrons. The molecule has 0 saturated heterocycles. The number of rotatable bonds is 4. The molecule has 4 nitrogen and oxygen atoms in total. The Morgan fingerprint density at radius 1 is 1.44 bits per heavy atom. The highest BCUT2D eigenvalue weighted by molar-refractivity contribution is 7.80. The van der Waals surface area contributed by atoms with Gasteiger partial charge in [0.1, 0.15) is 4.99 Å². The lowest BCUT2D eigenvalue weighted by atomic mass is 9.90. The Morgan fingerprint density at radius 3 is 2.50 bits per heavy atom. The van der Waals surface area contributed by atoms with E-state index in [4.69, 9.17) is 22.7 Å². The molecule has 0 amide bonds. The summed E-state index contributed by atoms with van der Waals surface area (Å²) in [6.07, 6.45) is 0. The first-order valence-corrected chi connectivity index (χ1v) is 6.23. The van der Waals surface area contributed by atoms with Gasteiger partial charge in [0.2, 0.25) is 0 Å². The standard InChI is InChI=1S/C13H20N2O2S/c1-13(2,3)10-6-5-9(11(14)18)12(16)15(10)7-8-17-4/h5-6H,7-8H2,1-4H3,(H2,14,18). The lowest BCUT2D eigenvalue weighted by Crippen LogP contribution is -2.35. The van der Waals surface area contributed by atoms with Crippen molar-refractivity contribution in [3.8, 4) is 0 Å². The van der Waals surface area contributed by atoms with Crippen LogP contribution in [0.2, 0.25) is 0 Å². The first-order valence-electron chi connectivity index (χ1n) is 5.82. The second-order valence-electron chi connectivity index (χ2n) is 5.20. The number of hydrogen-bond donors (Lipinski definition) is 1. The molecule has 0 unspecified atom stereocenters. The van der Waals surface area contributed by atoms with Crippen molar-refractivity contribution in [1.29, 1.82) is 0 Å². The van der Waals surface area contributed by atoms with Crippen molar-refractivity contribution in [2.24, 2.45) is 5.73 Å². The first-order chi connectivity index (χ1) is 8.29. The van der Waals surface area contributed by atoms with E-state index in [9.17, 15) is 4.79 Å². The van der Waals surface area contributed by atoms with Crippen LogP contribution in [-0.4, -0.2) is 23.3 Å². The molecule has 1 aromatic heterocycles. The van der Waals surface area contributed by atoms with Gasteiger partial charge in [0.05, 0.1) is 12.2 Å². The van der Waals surface area contributed by atoms with Crippen molar-refractivity contribution in [2.75, 3.05) is 13.7 Å². The topological polar surface area (TPSA) is 57.2 Å². The molecule has 1 aromatic rings. The van der Waals surface area contributed by atoms with Gasteiger partial charge in [-0.05, 0) is 12.1 Å². The second kappa shape index (κ2) is 5.63. The average molecular weight is 268 g/mol. The molecule has 0 radical (unpaired) electrons. The first kappa shape index (κ1) is 14.9. The molecule has 18 heavy (non-hydrogen) atoms. The highest BCUT2D eigenvalue weighted by Gasteiger charge is 2.20. The van der Waals surface area contributed by atoms with Crippen LogP contribution in [0.1, 0.15) is 32.0 Å². The number of pyridine rings is 1. The molecule has 0 atom stereocenters. The van der Waals surface area contributed by atoms with Crippen molar-refractivity contribution < 1.29 is 4.74 Å². The summed E-state index contributed by atoms with van der Waals surface area (Å²) in [5.74, 6) is 0. The minimum Gasteiger partial charge on any atom is -0.389 e. The van der Waals surface area contributed by atoms with E-state index in [1.807, 2.05) is 6.07 Å². The maximum Gasteiger partial charge on any atom is 0.261 e. The Morgan fingerprint density at radius 2 is 2.06 bits per heavy atom. The summed E-state index contributed by atoms with van der Waals surface area (Å²) in [5.41, 5.74) is 6.62. The van der Waals surface area contributed by atoms with E-state index in [0.29, 0.717) is 18.7 Å². The fourth-order valence-electron chi connectivity index (χ4n) is 1.83. The monoisotopic (exact) mass is 268 g/mol. The van der Waals surface area contributed by atoms with Gasteiger partial charge in [-0.3, -0.25) is 4.79 Å². The largest absolute Gasteiger partial charge is 0.389 e. The molecule has 1 rings (SSSR count). The van der Waals surface area contributed by atoms with E-state index in [0.717, 1.165) is 5.69 Å². The highest BCUT2D eigenvalue weighted by atomic mass is 32.1. The van der Waals surface area contributed by atoms with Crippen LogP contribution in [0.5, 0.6) is 0 Å². The number of methoxy groups -OCH3 is 1. The van der Waals surface area contributed by atoms with E-state index in [-0.39, 0.29) is 16.0 Å². The molecule has 0 aliphatic heterocycles. The Hall–Kier alpha value is -1.20. The lowest BCUT2D eigenvalue weighted by Gasteiger charge is -2.24. The van der Waals surface area contributed by atoms with Gasteiger partial charge in [-0.15, -0.1) is 0 Å². The van der Waals surface area contributed by atoms with Gasteiger partial charge in [-0.1, -0.05) is 33.0 Å². The smallest absolute Gasteiger partial charge is 0.261 e. The predicted octanol–water partition coefficient (Wildman–Crippen LogP) is 1.43. The predicted molar refractivity (Wildman–Crippen MR) is 77.2 cm³/mol. The molecule has 0 bridgehead atoms. The van der Waals surface area contributed by atoms with Gasteiger partial charge in [-0.25, -0.2) is 0 Å². The summed E-state index contributed by atoms with van der Waals surface area (Å²) in [6.45, 7) is 7.16. The van der Waals surface area contributed by atoms with E-state index in [1.54, 1.807) is 17.7 Å². The van der Waals surface area contributed by atoms with Crippen molar-refractivity contribution in [2.45, 2.75) is 32.7 Å². The van der Waals surface area contributed by atoms with Crippen LogP contribution in [0.15, 0.2) is 16.9 Å². The van der Waals surface area contributed by atoms with Gasteiger partial charge < -0.3 is 15.0 Å². The molecular weight excluding hydrogens is 248 g/mol. The maximum atomic E-state index is 12.3. The number of ether oxygens (including phenoxy) is 1. The molecule has 0 aliphatic carbocycles. The van der Waals surface area contributed by atoms with Crippen LogP contribution in [0.3, 0.4) is 0 Å². The zero-order valence-corrected chi connectivity index (χ0v) is 12.1. The summed E-state index contributed by atoms with van der Waals surface area (Å²) < 4.78 is 6.74. The third-order valence-electron chi connectivity index (χ3n) is 2.73. The van der Waals surface area contributed by atoms with Crippen LogP contribution in [0.25, 0.3) is 0 Å². The fourth-order valence-corrected chi connectivity index (χ4v) is 1.98. The Labute approximate surface area is 113 Å². The summed E-state index contributed by atoms with van der Waals surface area (Å²) >= 11 is 4.89. The van der Waals surface area contributed by atoms with Crippen molar-refractivity contribution in [3.05, 3.63) is 33.7 Å². The molecule has 0 aromatic carbocycles. The second-order valence-corrected chi connectivity index (χ2v) is 5.64. The van der Waals surface area contributed by atoms with Crippen molar-refractivity contribution in [1.82, 2.24) is 4.57 Å². The molecule has 0 saturated carbocycles. The molecule has 0 fully saturated rings. The zero-order valence-electron chi connectivity index (χ0n) is 11.3. The van der Waals surface area contributed by atoms with Crippen LogP contribution < -0.4 is 11.3 Å². The number of thiocarbonyl (C=S) groups is 1. The summed E-state index contributed by atoms with van der Waals surface area (Å²) in [5, 5.41) is 0. The normalized spacial score (nSPS) is 11.6. The SMILES string of the molecule is COCCn1c(C(C)(C)C)ccc(C(N)=S)c1=O. The zero-order chi connectivity index (χ0) is 13.9. The minimum absolute atomic E-state index is 0.123. The molecule has 2 N–H and O–H groups in total. The van der Waals surface area contributed by atoms with E-state index in [2.05, 4.69) is 20.8 Å². The minimum atomic E-state index is -0.146. The van der Waals surface area contributed by atoms with Gasteiger partial charge in [0.15, 0.2) is 0 Å². The van der Waals surface area contributed by atoms with E-state index >= 15 is 0 Å². The Bertz CT molecular complexity index is 501. The van der Waals surface area contributed by atoms with E-state index < -0.39 is 0 Å². The van der Waals surface area contributed by atoms with Gasteiger partial charge in [0, 0.05) is 24.8 Å². The average Bonchev–Trinajstić information content (AvgIpc) is 2.25. The Kier molecular flexibility index (Phi) is 4.65. The third kappa shape index (κ3) is 3.17. The van der Waals surface area contributed by atoms with Gasteiger partial charge >= 0.3 is 0 Å². The number of nitrogens with zero attached hydrogens (tertiary/aromatic N) is 1. The highest BCUT2D eigenvalue weighted by Crippen LogP contribution is 2.21. The third-order valence-corrected chi connectivity index (χ3v) is 2.95. The van der Waals surface area contributed by atoms with Crippen LogP contribution in [0, 0.1) is 0 Å². The van der Waals surface area contributed by atoms with Crippen LogP contribution in [0.4, 0.5) is 0 Å². The molecule has 5 heteroatoms. The fraction of sp³-hybridized carbons (Fsp3) is 0.538. The van der Waals surface area contributed by atoms with Crippen molar-refractivity contribution in [3.63, 3.8) is 0 Å². The quantitative estimate of drug-likeness (QED) is 0.839. The van der Waals surface area contributed by atoms with Crippen LogP contribution in [-0.2, 0) is 16.7 Å². The number of aromatic nitrogens is 1. The Balaban J connectivity index is 3.42. The van der Waals surface area contributed by atoms with E-state index in [1.165, 1.54) is 0 Å². The molecule has 1 heterocycles. The number of nitrogens with two attached hydrogens (primary N) is 1. The number of hydrogen-bond acceptors (Lipinski definition) is 3. The lowest BCUT2D eigenvalue weighted by molar-refractivity contribution is 0.184. The van der Waals surface area contributed by atoms with Crippen molar-refractivity contribution >= 4 is 17.2 Å². The molecular formula is C13H20N2O2S. The molecule has 0 spiro atoms. The van der Waals surface area contributed by atoms with Crippen LogP contribution >= 0.6 is 12.2 Å². The van der Waals surface area contributed by atoms with Gasteiger partial charge in [0.25, 0.3) is 5.56 Å². The van der Waals surface area contributed by atoms with Gasteiger partial charge in [-0.2, -0.15) is 0 Å². The maximum absolute atomic E-state index is 12.3. The summed E-state index contributed by atoms with van der Waals surface area (Å²) in [6, 6.07) is 3.61. The summed E-state index contributed by atoms with van der Waals surface area (Å²) in [4.78, 5) is 12.5.